The molecule has 10 N–H and O–H groups in total. The average Bonchev–Trinajstić information content (AvgIpc) is 0.791. The van der Waals surface area contributed by atoms with Crippen LogP contribution in [0.4, 0.5) is 79.6 Å². The van der Waals surface area contributed by atoms with E-state index in [1.807, 2.05) is 27.7 Å². The minimum Gasteiger partial charge on any atom is -0.506 e. The molecule has 46 heteroatoms. The Bertz CT molecular complexity index is 5460. The quantitative estimate of drug-likeness (QED) is 0.0104. The molecule has 0 aliphatic heterocycles. The molecule has 0 spiro atoms. The van der Waals surface area contributed by atoms with Crippen molar-refractivity contribution in [2.24, 2.45) is 40.9 Å². The van der Waals surface area contributed by atoms with Crippen LogP contribution in [0.5, 0.6) is 46.5 Å². The van der Waals surface area contributed by atoms with Crippen molar-refractivity contribution in [3.63, 3.8) is 0 Å². The number of nitrogens with one attached hydrogen (secondary N) is 2. The summed E-state index contributed by atoms with van der Waals surface area (Å²) in [5.41, 5.74) is -6.79. The van der Waals surface area contributed by atoms with E-state index in [0.717, 1.165) is 118 Å². The van der Waals surface area contributed by atoms with Gasteiger partial charge in [0.25, 0.3) is 45.0 Å². The fourth-order valence-corrected chi connectivity index (χ4v) is 10.3. The smallest absolute Gasteiger partial charge is 0.274 e. The number of carbonyl (C=O) groups is 2. The molecule has 0 aliphatic carbocycles. The van der Waals surface area contributed by atoms with Gasteiger partial charge in [0.15, 0.2) is 34.2 Å². The van der Waals surface area contributed by atoms with E-state index >= 15 is 0 Å². The zero-order valence-electron chi connectivity index (χ0n) is 64.2. The maximum Gasteiger partial charge on any atom is 0.274 e. The van der Waals surface area contributed by atoms with Crippen molar-refractivity contribution in [2.75, 3.05) is 10.6 Å². The zero-order valence-corrected chi connectivity index (χ0v) is 66.2. The third-order valence-electron chi connectivity index (χ3n) is 16.6. The normalized spacial score (nSPS) is 10.6. The van der Waals surface area contributed by atoms with Crippen molar-refractivity contribution < 1.29 is 104 Å². The predicted molar refractivity (Wildman–Crippen MR) is 411 cm³/mol. The summed E-state index contributed by atoms with van der Waals surface area (Å²) >= 11 is 0. The third-order valence-corrected chi connectivity index (χ3v) is 16.6. The number of phenols is 4. The minimum atomic E-state index is -0.745. The number of nitro benzene ring substituents is 4. The molecule has 0 bridgehead atoms. The van der Waals surface area contributed by atoms with Crippen LogP contribution in [0, 0.1) is 113 Å². The van der Waals surface area contributed by atoms with E-state index in [-0.39, 0.29) is 184 Å². The van der Waals surface area contributed by atoms with Crippen molar-refractivity contribution >= 4 is 91.4 Å². The van der Waals surface area contributed by atoms with Gasteiger partial charge in [-0.1, -0.05) is 53.4 Å². The maximum absolute atomic E-state index is 12.4. The Hall–Kier alpha value is -15.0. The van der Waals surface area contributed by atoms with Crippen LogP contribution in [-0.2, 0) is 69.3 Å². The summed E-state index contributed by atoms with van der Waals surface area (Å²) in [6, 6.07) is 17.4. The molecule has 8 rings (SSSR count). The van der Waals surface area contributed by atoms with Crippen LogP contribution in [0.2, 0.25) is 0 Å². The number of benzene rings is 4. The van der Waals surface area contributed by atoms with E-state index in [1.54, 1.807) is 24.3 Å². The van der Waals surface area contributed by atoms with Gasteiger partial charge in [-0.3, -0.25) is 87.5 Å². The van der Waals surface area contributed by atoms with E-state index in [0.29, 0.717) is 25.7 Å². The summed E-state index contributed by atoms with van der Waals surface area (Å²) in [4.78, 5) is 113. The summed E-state index contributed by atoms with van der Waals surface area (Å²) in [5, 5.41) is 198. The Balaban J connectivity index is 0.000000405. The number of hydrogen-bond donors (Lipinski definition) is 10. The van der Waals surface area contributed by atoms with Gasteiger partial charge in [-0.2, -0.15) is 21.0 Å². The van der Waals surface area contributed by atoms with Gasteiger partial charge in [0.05, 0.1) is 31.1 Å². The van der Waals surface area contributed by atoms with Crippen molar-refractivity contribution in [1.82, 2.24) is 18.3 Å². The second-order valence-electron chi connectivity index (χ2n) is 24.6. The number of nitriles is 4. The molecule has 0 saturated heterocycles. The first-order valence-corrected chi connectivity index (χ1v) is 34.5. The summed E-state index contributed by atoms with van der Waals surface area (Å²) in [6.45, 7) is 16.3. The Labute approximate surface area is 687 Å². The van der Waals surface area contributed by atoms with Crippen molar-refractivity contribution in [2.45, 2.75) is 147 Å². The number of azo groups is 4. The third kappa shape index (κ3) is 23.6. The molecule has 0 unspecified atom stereocenters. The van der Waals surface area contributed by atoms with Gasteiger partial charge in [0.2, 0.25) is 35.3 Å². The zero-order chi connectivity index (χ0) is 86.9. The Morgan fingerprint density at radius 3 is 0.805 bits per heavy atom. The predicted octanol–water partition coefficient (Wildman–Crippen LogP) is 14.2. The standard InChI is InChI=1S/2C19H20N6O6.2C17H17N5O5.2Co/c2*1-4-5-6-24-18(28)13(9-20)10(2)16(19(24)29)23-22-15-8-12(25(30)31)7-14(17(15)27)21-11(3)26;2*1-3-4-7-21-16(24)12(9-18)10(2)15(17(21)25)20-19-13-8-11(22(26)27)5-6-14(13)23;;/h2*7-8,27,29H,4-6H2,1-3H3,(H,21,26);2*5-6,8,23,25H,3-4,7H2,1-2H3;;. The van der Waals surface area contributed by atoms with Crippen molar-refractivity contribution in [3.05, 3.63) is 187 Å². The molecular weight excluding hydrogens is 1640 g/mol. The molecule has 2 amide bonds. The van der Waals surface area contributed by atoms with E-state index in [2.05, 4.69) is 51.5 Å². The van der Waals surface area contributed by atoms with Crippen LogP contribution < -0.4 is 32.9 Å². The van der Waals surface area contributed by atoms with Crippen LogP contribution in [0.25, 0.3) is 0 Å². The molecule has 44 nitrogen and oxygen atoms in total. The van der Waals surface area contributed by atoms with Gasteiger partial charge in [0, 0.05) is 144 Å². The van der Waals surface area contributed by atoms with Crippen LogP contribution in [-0.4, -0.2) is 90.6 Å². The molecule has 118 heavy (non-hydrogen) atoms. The number of aromatic nitrogens is 4. The summed E-state index contributed by atoms with van der Waals surface area (Å²) in [5.74, 6) is -4.97. The van der Waals surface area contributed by atoms with Gasteiger partial charge in [-0.15, -0.1) is 40.9 Å². The van der Waals surface area contributed by atoms with Gasteiger partial charge < -0.3 is 51.5 Å². The topological polar surface area (TPSA) is 675 Å². The van der Waals surface area contributed by atoms with Crippen molar-refractivity contribution in [1.29, 1.82) is 21.0 Å². The minimum absolute atomic E-state index is 0. The maximum atomic E-state index is 12.4. The van der Waals surface area contributed by atoms with E-state index in [9.17, 15) is 131 Å². The molecular formula is C72H74Co2N22O22. The molecule has 622 valence electrons. The molecule has 4 heterocycles. The van der Waals surface area contributed by atoms with Gasteiger partial charge in [0.1, 0.15) is 80.8 Å². The fourth-order valence-electron chi connectivity index (χ4n) is 10.3. The summed E-state index contributed by atoms with van der Waals surface area (Å²) in [6.07, 6.45) is 5.30. The molecule has 4 aromatic heterocycles. The van der Waals surface area contributed by atoms with Gasteiger partial charge in [-0.25, -0.2) is 0 Å². The second kappa shape index (κ2) is 44.4. The number of anilines is 2. The molecule has 0 aliphatic rings. The molecule has 8 aromatic rings. The number of amides is 2. The number of nitrogens with zero attached hydrogens (tertiary/aromatic N) is 20. The Morgan fingerprint density at radius 1 is 0.381 bits per heavy atom. The van der Waals surface area contributed by atoms with E-state index < -0.39 is 100 Å². The first-order valence-electron chi connectivity index (χ1n) is 34.5. The first-order chi connectivity index (χ1) is 54.9. The number of aromatic hydroxyl groups is 8. The largest absolute Gasteiger partial charge is 0.506 e. The number of hydrogen-bond acceptors (Lipinski definition) is 34. The molecule has 0 fully saturated rings. The Kier molecular flexibility index (Phi) is 36.6. The number of nitro groups is 4. The van der Waals surface area contributed by atoms with Crippen LogP contribution in [0.15, 0.2) is 121 Å². The van der Waals surface area contributed by atoms with E-state index in [1.165, 1.54) is 27.7 Å². The summed E-state index contributed by atoms with van der Waals surface area (Å²) in [7, 11) is 0. The molecule has 2 radical (unpaired) electrons. The Morgan fingerprint density at radius 2 is 0.602 bits per heavy atom. The average molecular weight is 1720 g/mol. The number of pyridine rings is 4. The molecule has 4 aromatic carbocycles. The van der Waals surface area contributed by atoms with Crippen LogP contribution >= 0.6 is 0 Å². The fraction of sp³-hybridized carbons (Fsp3) is 0.306. The number of unbranched alkanes of at least 4 members (excludes halogenated alkanes) is 4. The first kappa shape index (κ1) is 97.2. The number of phenolic OH excluding ortho intramolecular Hbond substituents is 4. The molecule has 0 saturated carbocycles. The van der Waals surface area contributed by atoms with Gasteiger partial charge >= 0.3 is 0 Å². The number of non-ortho nitro benzene ring substituents is 4. The van der Waals surface area contributed by atoms with Gasteiger partial charge in [-0.05, 0) is 65.5 Å². The van der Waals surface area contributed by atoms with E-state index in [4.69, 9.17) is 0 Å². The molecule has 0 atom stereocenters. The van der Waals surface area contributed by atoms with Crippen LogP contribution in [0.1, 0.15) is 137 Å². The monoisotopic (exact) mass is 1720 g/mol. The summed E-state index contributed by atoms with van der Waals surface area (Å²) < 4.78 is 4.08. The van der Waals surface area contributed by atoms with Crippen molar-refractivity contribution in [3.8, 4) is 70.8 Å². The second-order valence-corrected chi connectivity index (χ2v) is 24.6. The van der Waals surface area contributed by atoms with Crippen LogP contribution in [0.3, 0.4) is 0 Å². The number of carbonyl (C=O) groups excluding carboxylic acids is 2. The SMILES string of the molecule is CCCCn1c(O)c(N=Nc2cc([N+](=O)[O-])cc(NC(C)=O)c2O)c(C)c(C#N)c1=O.CCCCn1c(O)c(N=Nc2cc([N+](=O)[O-])cc(NC(C)=O)c2O)c(C)c(C#N)c1=O.CCCCn1c(O)c(N=Nc2cc([N+](=O)[O-])ccc2O)c(C)c(C#N)c1=O.CCCCn1c(O)c(N=Nc2cc([N+](=O)[O-])ccc2O)c(C)c(C#N)c1=O.[Co].[Co]. The number of rotatable bonds is 26.